The lowest BCUT2D eigenvalue weighted by atomic mass is 9.99. The standard InChI is InChI=1S/C26H25F2N3O5/c1-15-13-35-21-12-30-11-19(25(33)29-10-17-7-8-18(27)9-20(17)28)23(32)24(22(30)26(34)31(15)21)36-14-16-5-3-2-4-6-16/h2-9,11,15,21,23,32H,10,12-14H2,1H3,(H,29,33)/t15-,21+,23?/m1/s1. The zero-order valence-electron chi connectivity index (χ0n) is 19.5. The molecular formula is C26H25F2N3O5. The number of hydrogen-bond donors (Lipinski definition) is 2. The molecule has 5 rings (SSSR count). The Morgan fingerprint density at radius 2 is 2.00 bits per heavy atom. The van der Waals surface area contributed by atoms with Crippen LogP contribution in [0, 0.1) is 11.6 Å². The number of ether oxygens (including phenoxy) is 2. The van der Waals surface area contributed by atoms with E-state index >= 15 is 0 Å². The molecule has 0 radical (unpaired) electrons. The fourth-order valence-electron chi connectivity index (χ4n) is 4.55. The number of aliphatic hydroxyl groups excluding tert-OH is 1. The fourth-order valence-corrected chi connectivity index (χ4v) is 4.55. The molecule has 2 fully saturated rings. The molecule has 8 nitrogen and oxygen atoms in total. The smallest absolute Gasteiger partial charge is 0.276 e. The van der Waals surface area contributed by atoms with E-state index < -0.39 is 29.9 Å². The van der Waals surface area contributed by atoms with E-state index in [2.05, 4.69) is 5.32 Å². The van der Waals surface area contributed by atoms with E-state index in [1.807, 2.05) is 37.3 Å². The maximum absolute atomic E-state index is 14.0. The summed E-state index contributed by atoms with van der Waals surface area (Å²) >= 11 is 0. The van der Waals surface area contributed by atoms with E-state index in [4.69, 9.17) is 9.47 Å². The zero-order valence-corrected chi connectivity index (χ0v) is 19.5. The van der Waals surface area contributed by atoms with Gasteiger partial charge in [-0.1, -0.05) is 36.4 Å². The highest BCUT2D eigenvalue weighted by atomic mass is 19.1. The highest BCUT2D eigenvalue weighted by Crippen LogP contribution is 2.35. The summed E-state index contributed by atoms with van der Waals surface area (Å²) in [6.45, 7) is 2.35. The van der Waals surface area contributed by atoms with Crippen LogP contribution in [0.1, 0.15) is 18.1 Å². The minimum atomic E-state index is -1.53. The molecule has 2 aromatic rings. The van der Waals surface area contributed by atoms with Crippen LogP contribution < -0.4 is 5.32 Å². The molecule has 10 heteroatoms. The monoisotopic (exact) mass is 497 g/mol. The van der Waals surface area contributed by atoms with Gasteiger partial charge >= 0.3 is 0 Å². The number of nitrogens with zero attached hydrogens (tertiary/aromatic N) is 2. The third-order valence-corrected chi connectivity index (χ3v) is 6.42. The molecule has 0 spiro atoms. The lowest BCUT2D eigenvalue weighted by Crippen LogP contribution is -2.55. The average molecular weight is 497 g/mol. The second kappa shape index (κ2) is 9.71. The molecule has 3 aliphatic heterocycles. The van der Waals surface area contributed by atoms with Crippen molar-refractivity contribution in [2.24, 2.45) is 0 Å². The molecule has 1 unspecified atom stereocenters. The van der Waals surface area contributed by atoms with Gasteiger partial charge in [-0.15, -0.1) is 0 Å². The van der Waals surface area contributed by atoms with Gasteiger partial charge < -0.3 is 29.7 Å². The maximum Gasteiger partial charge on any atom is 0.276 e. The summed E-state index contributed by atoms with van der Waals surface area (Å²) in [5.74, 6) is -2.60. The van der Waals surface area contributed by atoms with Crippen molar-refractivity contribution in [2.45, 2.75) is 38.4 Å². The second-order valence-electron chi connectivity index (χ2n) is 8.89. The van der Waals surface area contributed by atoms with Crippen molar-refractivity contribution in [1.82, 2.24) is 15.1 Å². The van der Waals surface area contributed by atoms with Gasteiger partial charge in [0.2, 0.25) is 0 Å². The first-order chi connectivity index (χ1) is 17.3. The number of amides is 2. The SMILES string of the molecule is C[C@@H]1CO[C@H]2CN3C=C(C(=O)NCc4ccc(F)cc4F)C(O)C(OCc4ccccc4)=C3C(=O)N12. The van der Waals surface area contributed by atoms with Crippen LogP contribution >= 0.6 is 0 Å². The molecular weight excluding hydrogens is 472 g/mol. The summed E-state index contributed by atoms with van der Waals surface area (Å²) in [7, 11) is 0. The summed E-state index contributed by atoms with van der Waals surface area (Å²) in [5, 5.41) is 13.7. The maximum atomic E-state index is 14.0. The van der Waals surface area contributed by atoms with Crippen molar-refractivity contribution >= 4 is 11.8 Å². The summed E-state index contributed by atoms with van der Waals surface area (Å²) in [5.41, 5.74) is 0.977. The molecule has 2 aromatic carbocycles. The van der Waals surface area contributed by atoms with Crippen LogP contribution in [0.3, 0.4) is 0 Å². The molecule has 0 aliphatic carbocycles. The first-order valence-corrected chi connectivity index (χ1v) is 11.6. The molecule has 36 heavy (non-hydrogen) atoms. The molecule has 2 amide bonds. The van der Waals surface area contributed by atoms with Gasteiger partial charge in [-0.25, -0.2) is 8.78 Å². The molecule has 3 aliphatic rings. The number of benzene rings is 2. The number of fused-ring (bicyclic) bond motifs is 2. The van der Waals surface area contributed by atoms with Gasteiger partial charge in [0.25, 0.3) is 11.8 Å². The van der Waals surface area contributed by atoms with Gasteiger partial charge in [0, 0.05) is 24.4 Å². The third-order valence-electron chi connectivity index (χ3n) is 6.42. The van der Waals surface area contributed by atoms with Crippen LogP contribution in [-0.2, 0) is 32.2 Å². The van der Waals surface area contributed by atoms with E-state index in [0.29, 0.717) is 6.61 Å². The van der Waals surface area contributed by atoms with Crippen molar-refractivity contribution in [3.8, 4) is 0 Å². The lowest BCUT2D eigenvalue weighted by molar-refractivity contribution is -0.141. The van der Waals surface area contributed by atoms with E-state index in [-0.39, 0.29) is 54.2 Å². The van der Waals surface area contributed by atoms with Crippen LogP contribution in [0.15, 0.2) is 71.8 Å². The molecule has 2 saturated heterocycles. The van der Waals surface area contributed by atoms with Crippen molar-refractivity contribution in [2.75, 3.05) is 13.2 Å². The van der Waals surface area contributed by atoms with Crippen molar-refractivity contribution < 1.29 is 33.0 Å². The predicted octanol–water partition coefficient (Wildman–Crippen LogP) is 2.16. The highest BCUT2D eigenvalue weighted by Gasteiger charge is 2.48. The number of nitrogens with one attached hydrogen (secondary N) is 1. The summed E-state index contributed by atoms with van der Waals surface area (Å²) < 4.78 is 38.9. The first-order valence-electron chi connectivity index (χ1n) is 11.6. The largest absolute Gasteiger partial charge is 0.488 e. The third kappa shape index (κ3) is 4.45. The number of carbonyl (C=O) groups excluding carboxylic acids is 2. The highest BCUT2D eigenvalue weighted by molar-refractivity contribution is 5.99. The predicted molar refractivity (Wildman–Crippen MR) is 123 cm³/mol. The lowest BCUT2D eigenvalue weighted by Gasteiger charge is -2.42. The summed E-state index contributed by atoms with van der Waals surface area (Å²) in [4.78, 5) is 29.6. The number of piperazine rings is 1. The Morgan fingerprint density at radius 3 is 2.75 bits per heavy atom. The molecule has 3 heterocycles. The van der Waals surface area contributed by atoms with Crippen molar-refractivity contribution in [3.05, 3.63) is 94.5 Å². The number of rotatable bonds is 6. The summed E-state index contributed by atoms with van der Waals surface area (Å²) in [6, 6.07) is 12.1. The Morgan fingerprint density at radius 1 is 1.22 bits per heavy atom. The van der Waals surface area contributed by atoms with Crippen LogP contribution in [0.25, 0.3) is 0 Å². The van der Waals surface area contributed by atoms with Crippen molar-refractivity contribution in [1.29, 1.82) is 0 Å². The van der Waals surface area contributed by atoms with Gasteiger partial charge in [0.1, 0.15) is 30.0 Å². The Labute approximate surface area is 206 Å². The van der Waals surface area contributed by atoms with Gasteiger partial charge in [-0.3, -0.25) is 9.59 Å². The second-order valence-corrected chi connectivity index (χ2v) is 8.89. The number of aliphatic hydroxyl groups is 1. The number of hydrogen-bond acceptors (Lipinski definition) is 6. The minimum absolute atomic E-state index is 0.0398. The van der Waals surface area contributed by atoms with E-state index in [0.717, 1.165) is 17.7 Å². The normalized spacial score (nSPS) is 23.3. The van der Waals surface area contributed by atoms with Gasteiger partial charge in [-0.2, -0.15) is 0 Å². The zero-order chi connectivity index (χ0) is 25.4. The summed E-state index contributed by atoms with van der Waals surface area (Å²) in [6.07, 6.45) is -0.638. The van der Waals surface area contributed by atoms with Crippen LogP contribution in [0.4, 0.5) is 8.78 Å². The minimum Gasteiger partial charge on any atom is -0.488 e. The van der Waals surface area contributed by atoms with Gasteiger partial charge in [0.05, 0.1) is 24.8 Å². The van der Waals surface area contributed by atoms with Crippen LogP contribution in [0.5, 0.6) is 0 Å². The average Bonchev–Trinajstić information content (AvgIpc) is 3.24. The Kier molecular flexibility index (Phi) is 6.46. The Balaban J connectivity index is 1.42. The van der Waals surface area contributed by atoms with Crippen molar-refractivity contribution in [3.63, 3.8) is 0 Å². The Hall–Kier alpha value is -3.76. The molecule has 0 aromatic heterocycles. The number of halogens is 2. The molecule has 0 saturated carbocycles. The van der Waals surface area contributed by atoms with E-state index in [1.165, 1.54) is 12.3 Å². The van der Waals surface area contributed by atoms with Gasteiger partial charge in [-0.05, 0) is 18.6 Å². The van der Waals surface area contributed by atoms with E-state index in [1.54, 1.807) is 9.80 Å². The topological polar surface area (TPSA) is 91.3 Å². The fraction of sp³-hybridized carbons (Fsp3) is 0.308. The van der Waals surface area contributed by atoms with Gasteiger partial charge in [0.15, 0.2) is 12.0 Å². The quantitative estimate of drug-likeness (QED) is 0.636. The molecule has 2 N–H and O–H groups in total. The first kappa shape index (κ1) is 24.0. The Bertz CT molecular complexity index is 1250. The number of carbonyl (C=O) groups is 2. The van der Waals surface area contributed by atoms with Crippen LogP contribution in [0.2, 0.25) is 0 Å². The van der Waals surface area contributed by atoms with Crippen LogP contribution in [-0.4, -0.2) is 58.2 Å². The van der Waals surface area contributed by atoms with E-state index in [9.17, 15) is 23.5 Å². The molecule has 188 valence electrons. The molecule has 3 atom stereocenters. The molecule has 0 bridgehead atoms.